The van der Waals surface area contributed by atoms with Crippen molar-refractivity contribution in [3.8, 4) is 0 Å². The summed E-state index contributed by atoms with van der Waals surface area (Å²) in [6, 6.07) is 4.62. The molecular weight excluding hydrogens is 320 g/mol. The number of nitrogens with two attached hydrogens (primary N) is 1. The molecule has 4 N–H and O–H groups in total. The Morgan fingerprint density at radius 2 is 2.17 bits per heavy atom. The number of benzene rings is 1. The average Bonchev–Trinajstić information content (AvgIpc) is 2.27. The molecule has 102 valence electrons. The van der Waals surface area contributed by atoms with Crippen LogP contribution in [0.1, 0.15) is 19.8 Å². The molecular formula is C11H17BrN2O3S. The summed E-state index contributed by atoms with van der Waals surface area (Å²) < 4.78 is 26.9. The molecule has 0 amide bonds. The molecule has 0 aromatic heterocycles. The third-order valence-corrected chi connectivity index (χ3v) is 4.79. The zero-order valence-corrected chi connectivity index (χ0v) is 12.5. The van der Waals surface area contributed by atoms with Crippen molar-refractivity contribution in [3.63, 3.8) is 0 Å². The van der Waals surface area contributed by atoms with E-state index in [1.54, 1.807) is 19.1 Å². The molecule has 1 atom stereocenters. The van der Waals surface area contributed by atoms with E-state index in [9.17, 15) is 8.42 Å². The Morgan fingerprint density at radius 3 is 2.78 bits per heavy atom. The van der Waals surface area contributed by atoms with E-state index in [0.717, 1.165) is 0 Å². The van der Waals surface area contributed by atoms with Gasteiger partial charge in [-0.25, -0.2) is 13.1 Å². The van der Waals surface area contributed by atoms with Gasteiger partial charge in [-0.15, -0.1) is 0 Å². The summed E-state index contributed by atoms with van der Waals surface area (Å²) in [5, 5.41) is 9.08. The SMILES string of the molecule is CC(O)CCCNS(=O)(=O)c1cc(N)ccc1Br. The molecule has 18 heavy (non-hydrogen) atoms. The molecule has 0 saturated heterocycles. The highest BCUT2D eigenvalue weighted by atomic mass is 79.9. The van der Waals surface area contributed by atoms with Crippen molar-refractivity contribution in [1.29, 1.82) is 0 Å². The van der Waals surface area contributed by atoms with E-state index in [-0.39, 0.29) is 11.4 Å². The summed E-state index contributed by atoms with van der Waals surface area (Å²) in [4.78, 5) is 0.125. The van der Waals surface area contributed by atoms with Gasteiger partial charge < -0.3 is 10.8 Å². The highest BCUT2D eigenvalue weighted by Crippen LogP contribution is 2.23. The predicted molar refractivity (Wildman–Crippen MR) is 74.7 cm³/mol. The van der Waals surface area contributed by atoms with Crippen molar-refractivity contribution < 1.29 is 13.5 Å². The molecule has 0 fully saturated rings. The fourth-order valence-electron chi connectivity index (χ4n) is 1.41. The van der Waals surface area contributed by atoms with Gasteiger partial charge in [0.05, 0.1) is 11.0 Å². The van der Waals surface area contributed by atoms with Crippen LogP contribution < -0.4 is 10.5 Å². The lowest BCUT2D eigenvalue weighted by atomic mass is 10.2. The summed E-state index contributed by atoms with van der Waals surface area (Å²) >= 11 is 3.18. The molecule has 1 aromatic carbocycles. The quantitative estimate of drug-likeness (QED) is 0.541. The van der Waals surface area contributed by atoms with E-state index in [2.05, 4.69) is 20.7 Å². The average molecular weight is 337 g/mol. The standard InChI is InChI=1S/C11H17BrN2O3S/c1-8(15)3-2-6-14-18(16,17)11-7-9(13)4-5-10(11)12/h4-5,7-8,14-15H,2-3,6,13H2,1H3. The number of nitrogens with one attached hydrogen (secondary N) is 1. The van der Waals surface area contributed by atoms with Crippen molar-refractivity contribution >= 4 is 31.6 Å². The van der Waals surface area contributed by atoms with E-state index in [0.29, 0.717) is 23.0 Å². The number of anilines is 1. The Bertz CT molecular complexity index is 503. The number of halogens is 1. The predicted octanol–water partition coefficient (Wildman–Crippen LogP) is 1.47. The van der Waals surface area contributed by atoms with Gasteiger partial charge in [0.25, 0.3) is 0 Å². The minimum absolute atomic E-state index is 0.125. The summed E-state index contributed by atoms with van der Waals surface area (Å²) in [5.74, 6) is 0. The fraction of sp³-hybridized carbons (Fsp3) is 0.455. The van der Waals surface area contributed by atoms with Crippen LogP contribution in [-0.4, -0.2) is 26.2 Å². The van der Waals surface area contributed by atoms with Crippen molar-refractivity contribution in [1.82, 2.24) is 4.72 Å². The third-order valence-electron chi connectivity index (χ3n) is 2.34. The van der Waals surface area contributed by atoms with Gasteiger partial charge in [-0.1, -0.05) is 0 Å². The van der Waals surface area contributed by atoms with Crippen LogP contribution in [-0.2, 0) is 10.0 Å². The highest BCUT2D eigenvalue weighted by Gasteiger charge is 2.17. The van der Waals surface area contributed by atoms with Gasteiger partial charge in [-0.05, 0) is 53.9 Å². The number of rotatable bonds is 6. The molecule has 1 unspecified atom stereocenters. The van der Waals surface area contributed by atoms with Crippen LogP contribution in [0.3, 0.4) is 0 Å². The van der Waals surface area contributed by atoms with Gasteiger partial charge in [0.1, 0.15) is 0 Å². The largest absolute Gasteiger partial charge is 0.399 e. The zero-order chi connectivity index (χ0) is 13.8. The van der Waals surface area contributed by atoms with Gasteiger partial charge in [0.2, 0.25) is 10.0 Å². The smallest absolute Gasteiger partial charge is 0.241 e. The van der Waals surface area contributed by atoms with Gasteiger partial charge >= 0.3 is 0 Å². The fourth-order valence-corrected chi connectivity index (χ4v) is 3.48. The van der Waals surface area contributed by atoms with Crippen LogP contribution in [0.15, 0.2) is 27.6 Å². The van der Waals surface area contributed by atoms with Crippen molar-refractivity contribution in [2.45, 2.75) is 30.8 Å². The molecule has 0 aliphatic heterocycles. The van der Waals surface area contributed by atoms with E-state index >= 15 is 0 Å². The lowest BCUT2D eigenvalue weighted by Gasteiger charge is -2.09. The van der Waals surface area contributed by atoms with Crippen LogP contribution in [0.5, 0.6) is 0 Å². The van der Waals surface area contributed by atoms with Gasteiger partial charge in [-0.2, -0.15) is 0 Å². The number of aliphatic hydroxyl groups is 1. The molecule has 0 spiro atoms. The minimum atomic E-state index is -3.57. The summed E-state index contributed by atoms with van der Waals surface area (Å²) in [7, 11) is -3.57. The molecule has 7 heteroatoms. The normalized spacial score (nSPS) is 13.5. The van der Waals surface area contributed by atoms with Crippen LogP contribution in [0.25, 0.3) is 0 Å². The molecule has 0 aliphatic rings. The number of sulfonamides is 1. The van der Waals surface area contributed by atoms with Crippen molar-refractivity contribution in [3.05, 3.63) is 22.7 Å². The molecule has 5 nitrogen and oxygen atoms in total. The summed E-state index contributed by atoms with van der Waals surface area (Å²) in [6.07, 6.45) is 0.714. The first-order chi connectivity index (χ1) is 8.33. The second-order valence-electron chi connectivity index (χ2n) is 4.08. The molecule has 0 radical (unpaired) electrons. The molecule has 1 rings (SSSR count). The maximum atomic E-state index is 12.0. The Labute approximate surface area is 116 Å². The molecule has 0 saturated carbocycles. The lowest BCUT2D eigenvalue weighted by molar-refractivity contribution is 0.182. The van der Waals surface area contributed by atoms with E-state index in [4.69, 9.17) is 10.8 Å². The first kappa shape index (κ1) is 15.4. The monoisotopic (exact) mass is 336 g/mol. The van der Waals surface area contributed by atoms with Crippen molar-refractivity contribution in [2.75, 3.05) is 12.3 Å². The van der Waals surface area contributed by atoms with Gasteiger partial charge in [0.15, 0.2) is 0 Å². The third kappa shape index (κ3) is 4.56. The van der Waals surface area contributed by atoms with Crippen LogP contribution in [0.2, 0.25) is 0 Å². The maximum Gasteiger partial charge on any atom is 0.241 e. The summed E-state index contributed by atoms with van der Waals surface area (Å²) in [5.41, 5.74) is 5.96. The topological polar surface area (TPSA) is 92.4 Å². The first-order valence-electron chi connectivity index (χ1n) is 5.55. The second-order valence-corrected chi connectivity index (χ2v) is 6.67. The molecule has 0 heterocycles. The van der Waals surface area contributed by atoms with Crippen LogP contribution in [0.4, 0.5) is 5.69 Å². The Hall–Kier alpha value is -0.630. The number of hydrogen-bond donors (Lipinski definition) is 3. The van der Waals surface area contributed by atoms with Gasteiger partial charge in [0, 0.05) is 16.7 Å². The zero-order valence-electron chi connectivity index (χ0n) is 10.1. The highest BCUT2D eigenvalue weighted by molar-refractivity contribution is 9.10. The van der Waals surface area contributed by atoms with Gasteiger partial charge in [-0.3, -0.25) is 0 Å². The molecule has 0 aliphatic carbocycles. The first-order valence-corrected chi connectivity index (χ1v) is 7.83. The molecule has 1 aromatic rings. The van der Waals surface area contributed by atoms with Crippen LogP contribution in [0, 0.1) is 0 Å². The van der Waals surface area contributed by atoms with E-state index in [1.165, 1.54) is 6.07 Å². The summed E-state index contributed by atoms with van der Waals surface area (Å²) in [6.45, 7) is 1.96. The Balaban J connectivity index is 2.71. The Kier molecular flexibility index (Phi) is 5.58. The number of nitrogen functional groups attached to an aromatic ring is 1. The molecule has 0 bridgehead atoms. The van der Waals surface area contributed by atoms with E-state index < -0.39 is 16.1 Å². The van der Waals surface area contributed by atoms with Crippen LogP contribution >= 0.6 is 15.9 Å². The maximum absolute atomic E-state index is 12.0. The van der Waals surface area contributed by atoms with E-state index in [1.807, 2.05) is 0 Å². The van der Waals surface area contributed by atoms with Crippen molar-refractivity contribution in [2.24, 2.45) is 0 Å². The lowest BCUT2D eigenvalue weighted by Crippen LogP contribution is -2.25. The Morgan fingerprint density at radius 1 is 1.50 bits per heavy atom. The second kappa shape index (κ2) is 6.51. The number of aliphatic hydroxyl groups excluding tert-OH is 1. The number of hydrogen-bond acceptors (Lipinski definition) is 4. The minimum Gasteiger partial charge on any atom is -0.399 e.